The maximum atomic E-state index is 6.93. The predicted molar refractivity (Wildman–Crippen MR) is 269 cm³/mol. The number of thiophene rings is 1. The molecule has 0 bridgehead atoms. The van der Waals surface area contributed by atoms with Crippen molar-refractivity contribution in [2.24, 2.45) is 0 Å². The van der Waals surface area contributed by atoms with Crippen molar-refractivity contribution in [3.63, 3.8) is 0 Å². The van der Waals surface area contributed by atoms with Gasteiger partial charge in [-0.05, 0) is 86.1 Å². The first-order chi connectivity index (χ1) is 31.7. The van der Waals surface area contributed by atoms with Crippen molar-refractivity contribution in [3.05, 3.63) is 206 Å². The van der Waals surface area contributed by atoms with E-state index in [0.717, 1.165) is 72.1 Å². The number of fused-ring (bicyclic) bond motifs is 11. The Hall–Kier alpha value is -8.18. The topological polar surface area (TPSA) is 38.9 Å². The van der Waals surface area contributed by atoms with Crippen LogP contribution in [0, 0.1) is 0 Å². The molecule has 0 amide bonds. The minimum absolute atomic E-state index is 0.679. The summed E-state index contributed by atoms with van der Waals surface area (Å²) >= 11 is 1.82. The van der Waals surface area contributed by atoms with Gasteiger partial charge in [-0.2, -0.15) is 0 Å². The molecule has 0 saturated heterocycles. The van der Waals surface area contributed by atoms with E-state index in [2.05, 4.69) is 206 Å². The van der Waals surface area contributed by atoms with E-state index in [9.17, 15) is 0 Å². The second-order valence-electron chi connectivity index (χ2n) is 16.8. The van der Waals surface area contributed by atoms with Crippen LogP contribution in [0.25, 0.3) is 142 Å². The molecule has 0 radical (unpaired) electrons. The fraction of sp³-hybridized carbons (Fsp3) is 0. The summed E-state index contributed by atoms with van der Waals surface area (Å²) < 4.78 is 9.44. The van der Waals surface area contributed by atoms with Gasteiger partial charge in [-0.1, -0.05) is 170 Å². The predicted octanol–water partition coefficient (Wildman–Crippen LogP) is 17.0. The summed E-state index contributed by atoms with van der Waals surface area (Å²) in [4.78, 5) is 10.7. The van der Waals surface area contributed by atoms with Crippen LogP contribution in [0.1, 0.15) is 0 Å². The zero-order valence-electron chi connectivity index (χ0n) is 34.3. The Kier molecular flexibility index (Phi) is 7.56. The van der Waals surface area contributed by atoms with Gasteiger partial charge in [-0.25, -0.2) is 9.97 Å². The Labute approximate surface area is 372 Å². The number of para-hydroxylation sites is 1. The van der Waals surface area contributed by atoms with Crippen molar-refractivity contribution in [1.29, 1.82) is 0 Å². The van der Waals surface area contributed by atoms with E-state index in [-0.39, 0.29) is 0 Å². The van der Waals surface area contributed by atoms with Gasteiger partial charge in [0.2, 0.25) is 0 Å². The monoisotopic (exact) mass is 830 g/mol. The van der Waals surface area contributed by atoms with Gasteiger partial charge in [0.1, 0.15) is 11.2 Å². The first-order valence-electron chi connectivity index (χ1n) is 21.7. The number of rotatable bonds is 5. The van der Waals surface area contributed by atoms with Crippen LogP contribution in [0.15, 0.2) is 211 Å². The largest absolute Gasteiger partial charge is 0.455 e. The average molecular weight is 831 g/mol. The first kappa shape index (κ1) is 35.4. The highest BCUT2D eigenvalue weighted by Gasteiger charge is 2.25. The lowest BCUT2D eigenvalue weighted by Crippen LogP contribution is -1.96. The molecule has 1 aliphatic carbocycles. The number of hydrogen-bond acceptors (Lipinski definition) is 4. The normalized spacial score (nSPS) is 12.1. The van der Waals surface area contributed by atoms with Crippen molar-refractivity contribution in [1.82, 2.24) is 9.97 Å². The molecule has 1 aliphatic rings. The smallest absolute Gasteiger partial charge is 0.160 e. The number of furan rings is 1. The fourth-order valence-corrected chi connectivity index (χ4v) is 11.4. The molecule has 0 saturated carbocycles. The van der Waals surface area contributed by atoms with E-state index in [4.69, 9.17) is 14.4 Å². The van der Waals surface area contributed by atoms with Crippen molar-refractivity contribution in [3.8, 4) is 78.4 Å². The molecule has 3 nitrogen and oxygen atoms in total. The van der Waals surface area contributed by atoms with Crippen molar-refractivity contribution in [2.75, 3.05) is 0 Å². The Balaban J connectivity index is 0.910. The van der Waals surface area contributed by atoms with Crippen molar-refractivity contribution in [2.45, 2.75) is 0 Å². The van der Waals surface area contributed by atoms with Gasteiger partial charge in [0.15, 0.2) is 5.82 Å². The van der Waals surface area contributed by atoms with E-state index >= 15 is 0 Å². The molecule has 0 fully saturated rings. The van der Waals surface area contributed by atoms with Crippen LogP contribution < -0.4 is 0 Å². The molecule has 4 heteroatoms. The Bertz CT molecular complexity index is 4080. The van der Waals surface area contributed by atoms with Crippen LogP contribution in [0.5, 0.6) is 0 Å². The quantitative estimate of drug-likeness (QED) is 0.173. The van der Waals surface area contributed by atoms with E-state index in [0.29, 0.717) is 5.82 Å². The molecule has 0 unspecified atom stereocenters. The van der Waals surface area contributed by atoms with E-state index in [1.54, 1.807) is 0 Å². The van der Waals surface area contributed by atoms with Gasteiger partial charge in [0, 0.05) is 64.0 Å². The van der Waals surface area contributed by atoms with E-state index in [1.165, 1.54) is 64.1 Å². The lowest BCUT2D eigenvalue weighted by atomic mass is 9.97. The van der Waals surface area contributed by atoms with Gasteiger partial charge >= 0.3 is 0 Å². The van der Waals surface area contributed by atoms with Crippen LogP contribution in [0.4, 0.5) is 0 Å². The third-order valence-corrected chi connectivity index (χ3v) is 14.4. The highest BCUT2D eigenvalue weighted by molar-refractivity contribution is 7.25. The van der Waals surface area contributed by atoms with Gasteiger partial charge in [0.05, 0.1) is 11.4 Å². The fourth-order valence-electron chi connectivity index (χ4n) is 10.2. The molecule has 0 N–H and O–H groups in total. The molecule has 64 heavy (non-hydrogen) atoms. The lowest BCUT2D eigenvalue weighted by Gasteiger charge is -2.12. The summed E-state index contributed by atoms with van der Waals surface area (Å²) in [5.74, 6) is 0.679. The summed E-state index contributed by atoms with van der Waals surface area (Å²) in [6.45, 7) is 0. The molecule has 3 heterocycles. The SMILES string of the molecule is c1cc(-c2ccc3ccccc3c2)cc(-c2cc(-c3cccc4sc5ccccc5c34)nc(-c3ccc(-c4cccc5c4oc4c6cccc7c6c(cc54)-c4ccccc4-7)cc3)n2)c1. The molecular weight excluding hydrogens is 797 g/mol. The summed E-state index contributed by atoms with van der Waals surface area (Å²) in [6, 6.07) is 74.2. The van der Waals surface area contributed by atoms with E-state index < -0.39 is 0 Å². The Morgan fingerprint density at radius 3 is 1.84 bits per heavy atom. The van der Waals surface area contributed by atoms with Crippen LogP contribution in [-0.4, -0.2) is 9.97 Å². The zero-order valence-corrected chi connectivity index (χ0v) is 35.2. The number of aromatic nitrogens is 2. The van der Waals surface area contributed by atoms with Crippen LogP contribution >= 0.6 is 11.3 Å². The maximum absolute atomic E-state index is 6.93. The second kappa shape index (κ2) is 13.7. The maximum Gasteiger partial charge on any atom is 0.160 e. The van der Waals surface area contributed by atoms with Gasteiger partial charge in [0.25, 0.3) is 0 Å². The standard InChI is InChI=1S/C60H34N2OS/c1-2-12-38-31-40(30-25-35(38)11-1)39-13-7-14-41(32-39)52-34-53(47-21-10-24-55-57(47)48-17-5-6-23-54(48)64-55)62-60(61-52)37-28-26-36(27-29-37)42-18-8-20-46-51-33-50-44-16-4-3-15-43(44)45-19-9-22-49(56(45)50)59(51)63-58(42)46/h1-34H. The van der Waals surface area contributed by atoms with Gasteiger partial charge in [-0.3, -0.25) is 0 Å². The molecule has 0 spiro atoms. The summed E-state index contributed by atoms with van der Waals surface area (Å²) in [7, 11) is 0. The lowest BCUT2D eigenvalue weighted by molar-refractivity contribution is 0.674. The third kappa shape index (κ3) is 5.33. The average Bonchev–Trinajstić information content (AvgIpc) is 4.05. The molecular formula is C60H34N2OS. The Morgan fingerprint density at radius 2 is 0.938 bits per heavy atom. The summed E-state index contributed by atoms with van der Waals surface area (Å²) in [6.07, 6.45) is 0. The number of nitrogens with zero attached hydrogens (tertiary/aromatic N) is 2. The molecule has 3 aromatic heterocycles. The highest BCUT2D eigenvalue weighted by Crippen LogP contribution is 2.51. The van der Waals surface area contributed by atoms with Crippen LogP contribution in [-0.2, 0) is 0 Å². The molecule has 296 valence electrons. The third-order valence-electron chi connectivity index (χ3n) is 13.2. The van der Waals surface area contributed by atoms with Gasteiger partial charge in [-0.15, -0.1) is 11.3 Å². The first-order valence-corrected chi connectivity index (χ1v) is 22.5. The molecule has 0 atom stereocenters. The minimum Gasteiger partial charge on any atom is -0.455 e. The number of benzene rings is 10. The molecule has 14 rings (SSSR count). The molecule has 13 aromatic rings. The zero-order chi connectivity index (χ0) is 41.9. The molecule has 0 aliphatic heterocycles. The Morgan fingerprint density at radius 1 is 0.312 bits per heavy atom. The summed E-state index contributed by atoms with van der Waals surface area (Å²) in [5.41, 5.74) is 16.2. The highest BCUT2D eigenvalue weighted by atomic mass is 32.1. The van der Waals surface area contributed by atoms with Crippen LogP contribution in [0.2, 0.25) is 0 Å². The van der Waals surface area contributed by atoms with Crippen LogP contribution in [0.3, 0.4) is 0 Å². The van der Waals surface area contributed by atoms with E-state index in [1.807, 2.05) is 11.3 Å². The number of hydrogen-bond donors (Lipinski definition) is 0. The van der Waals surface area contributed by atoms with Crippen molar-refractivity contribution >= 4 is 75.0 Å². The van der Waals surface area contributed by atoms with Crippen molar-refractivity contribution < 1.29 is 4.42 Å². The second-order valence-corrected chi connectivity index (χ2v) is 17.9. The molecule has 10 aromatic carbocycles. The minimum atomic E-state index is 0.679. The van der Waals surface area contributed by atoms with Gasteiger partial charge < -0.3 is 4.42 Å². The summed E-state index contributed by atoms with van der Waals surface area (Å²) in [5, 5.41) is 9.60.